The SMILES string of the molecule is CC(=O)Nc1cccc(C(=O)NCc2cccc(Oc3ccccc3)c2)c1. The summed E-state index contributed by atoms with van der Waals surface area (Å²) >= 11 is 0. The number of para-hydroxylation sites is 1. The van der Waals surface area contributed by atoms with Crippen LogP contribution in [-0.4, -0.2) is 11.8 Å². The summed E-state index contributed by atoms with van der Waals surface area (Å²) in [6.45, 7) is 1.80. The Bertz CT molecular complexity index is 939. The van der Waals surface area contributed by atoms with Crippen molar-refractivity contribution in [2.24, 2.45) is 0 Å². The standard InChI is InChI=1S/C22H20N2O3/c1-16(25)24-19-9-6-8-18(14-19)22(26)23-15-17-7-5-12-21(13-17)27-20-10-3-2-4-11-20/h2-14H,15H2,1H3,(H,23,26)(H,24,25). The number of carbonyl (C=O) groups excluding carboxylic acids is 2. The van der Waals surface area contributed by atoms with Gasteiger partial charge in [0.15, 0.2) is 0 Å². The molecule has 0 fully saturated rings. The molecule has 0 saturated carbocycles. The normalized spacial score (nSPS) is 10.1. The number of nitrogens with one attached hydrogen (secondary N) is 2. The van der Waals surface area contributed by atoms with Gasteiger partial charge in [0.2, 0.25) is 5.91 Å². The van der Waals surface area contributed by atoms with Crippen molar-refractivity contribution in [1.29, 1.82) is 0 Å². The number of ether oxygens (including phenoxy) is 1. The van der Waals surface area contributed by atoms with E-state index in [1.165, 1.54) is 6.92 Å². The van der Waals surface area contributed by atoms with Crippen molar-refractivity contribution in [3.63, 3.8) is 0 Å². The van der Waals surface area contributed by atoms with Crippen molar-refractivity contribution in [2.45, 2.75) is 13.5 Å². The van der Waals surface area contributed by atoms with Crippen LogP contribution in [0.4, 0.5) is 5.69 Å². The molecule has 0 atom stereocenters. The average Bonchev–Trinajstić information content (AvgIpc) is 2.67. The van der Waals surface area contributed by atoms with E-state index in [0.29, 0.717) is 23.5 Å². The fourth-order valence-corrected chi connectivity index (χ4v) is 2.57. The Labute approximate surface area is 158 Å². The highest BCUT2D eigenvalue weighted by Gasteiger charge is 2.07. The zero-order valence-corrected chi connectivity index (χ0v) is 14.9. The van der Waals surface area contributed by atoms with Crippen LogP contribution < -0.4 is 15.4 Å². The summed E-state index contributed by atoms with van der Waals surface area (Å²) in [7, 11) is 0. The van der Waals surface area contributed by atoms with Crippen LogP contribution in [0.5, 0.6) is 11.5 Å². The summed E-state index contributed by atoms with van der Waals surface area (Å²) < 4.78 is 5.81. The summed E-state index contributed by atoms with van der Waals surface area (Å²) in [5, 5.41) is 5.55. The Hall–Kier alpha value is -3.60. The van der Waals surface area contributed by atoms with Crippen LogP contribution in [0, 0.1) is 0 Å². The van der Waals surface area contributed by atoms with Crippen LogP contribution in [0.1, 0.15) is 22.8 Å². The molecule has 5 nitrogen and oxygen atoms in total. The molecule has 0 aliphatic carbocycles. The molecule has 0 unspecified atom stereocenters. The lowest BCUT2D eigenvalue weighted by molar-refractivity contribution is -0.114. The monoisotopic (exact) mass is 360 g/mol. The Morgan fingerprint density at radius 3 is 2.37 bits per heavy atom. The highest BCUT2D eigenvalue weighted by atomic mass is 16.5. The predicted molar refractivity (Wildman–Crippen MR) is 105 cm³/mol. The summed E-state index contributed by atoms with van der Waals surface area (Å²) in [4.78, 5) is 23.5. The number of amides is 2. The summed E-state index contributed by atoms with van der Waals surface area (Å²) in [6.07, 6.45) is 0. The summed E-state index contributed by atoms with van der Waals surface area (Å²) in [6, 6.07) is 23.9. The van der Waals surface area contributed by atoms with Gasteiger partial charge in [-0.1, -0.05) is 36.4 Å². The molecular formula is C22H20N2O3. The van der Waals surface area contributed by atoms with E-state index in [-0.39, 0.29) is 11.8 Å². The second-order valence-electron chi connectivity index (χ2n) is 6.01. The molecule has 0 aliphatic rings. The molecular weight excluding hydrogens is 340 g/mol. The first-order chi connectivity index (χ1) is 13.1. The number of benzene rings is 3. The lowest BCUT2D eigenvalue weighted by Crippen LogP contribution is -2.23. The van der Waals surface area contributed by atoms with Gasteiger partial charge in [-0.3, -0.25) is 9.59 Å². The van der Waals surface area contributed by atoms with Gasteiger partial charge in [0, 0.05) is 24.7 Å². The largest absolute Gasteiger partial charge is 0.457 e. The predicted octanol–water partition coefficient (Wildman–Crippen LogP) is 4.37. The zero-order valence-electron chi connectivity index (χ0n) is 14.9. The van der Waals surface area contributed by atoms with Gasteiger partial charge >= 0.3 is 0 Å². The van der Waals surface area contributed by atoms with E-state index >= 15 is 0 Å². The minimum absolute atomic E-state index is 0.178. The molecule has 136 valence electrons. The van der Waals surface area contributed by atoms with Gasteiger partial charge in [-0.15, -0.1) is 0 Å². The molecule has 27 heavy (non-hydrogen) atoms. The summed E-state index contributed by atoms with van der Waals surface area (Å²) in [5.74, 6) is 1.08. The first-order valence-electron chi connectivity index (χ1n) is 8.58. The third-order valence-corrected chi connectivity index (χ3v) is 3.78. The highest BCUT2D eigenvalue weighted by molar-refractivity contribution is 5.96. The van der Waals surface area contributed by atoms with Crippen molar-refractivity contribution in [2.75, 3.05) is 5.32 Å². The molecule has 0 heterocycles. The third-order valence-electron chi connectivity index (χ3n) is 3.78. The molecule has 0 aliphatic heterocycles. The quantitative estimate of drug-likeness (QED) is 0.686. The molecule has 5 heteroatoms. The van der Waals surface area contributed by atoms with Gasteiger partial charge in [-0.25, -0.2) is 0 Å². The molecule has 3 rings (SSSR count). The summed E-state index contributed by atoms with van der Waals surface area (Å²) in [5.41, 5.74) is 2.00. The smallest absolute Gasteiger partial charge is 0.251 e. The van der Waals surface area contributed by atoms with Crippen LogP contribution >= 0.6 is 0 Å². The first-order valence-corrected chi connectivity index (χ1v) is 8.58. The van der Waals surface area contributed by atoms with Crippen molar-refractivity contribution in [3.8, 4) is 11.5 Å². The highest BCUT2D eigenvalue weighted by Crippen LogP contribution is 2.21. The zero-order chi connectivity index (χ0) is 19.1. The Kier molecular flexibility index (Phi) is 5.84. The number of carbonyl (C=O) groups is 2. The molecule has 2 amide bonds. The minimum atomic E-state index is -0.211. The van der Waals surface area contributed by atoms with Crippen LogP contribution in [0.2, 0.25) is 0 Å². The van der Waals surface area contributed by atoms with Crippen molar-refractivity contribution >= 4 is 17.5 Å². The molecule has 2 N–H and O–H groups in total. The van der Waals surface area contributed by atoms with Crippen LogP contribution in [-0.2, 0) is 11.3 Å². The lowest BCUT2D eigenvalue weighted by Gasteiger charge is -2.09. The molecule has 0 saturated heterocycles. The van der Waals surface area contributed by atoms with Crippen LogP contribution in [0.25, 0.3) is 0 Å². The fraction of sp³-hybridized carbons (Fsp3) is 0.0909. The van der Waals surface area contributed by atoms with Gasteiger partial charge in [-0.2, -0.15) is 0 Å². The number of hydrogen-bond acceptors (Lipinski definition) is 3. The second-order valence-corrected chi connectivity index (χ2v) is 6.01. The van der Waals surface area contributed by atoms with E-state index in [2.05, 4.69) is 10.6 Å². The van der Waals surface area contributed by atoms with Gasteiger partial charge < -0.3 is 15.4 Å². The van der Waals surface area contributed by atoms with E-state index in [1.54, 1.807) is 24.3 Å². The van der Waals surface area contributed by atoms with E-state index < -0.39 is 0 Å². The van der Waals surface area contributed by atoms with Crippen molar-refractivity contribution in [3.05, 3.63) is 90.0 Å². The number of anilines is 1. The topological polar surface area (TPSA) is 67.4 Å². The van der Waals surface area contributed by atoms with E-state index in [0.717, 1.165) is 11.3 Å². The Morgan fingerprint density at radius 1 is 0.852 bits per heavy atom. The molecule has 3 aromatic rings. The Balaban J connectivity index is 1.62. The number of rotatable bonds is 6. The van der Waals surface area contributed by atoms with Gasteiger partial charge in [-0.05, 0) is 48.0 Å². The lowest BCUT2D eigenvalue weighted by atomic mass is 10.1. The number of hydrogen-bond donors (Lipinski definition) is 2. The van der Waals surface area contributed by atoms with Gasteiger partial charge in [0.25, 0.3) is 5.91 Å². The average molecular weight is 360 g/mol. The maximum Gasteiger partial charge on any atom is 0.251 e. The maximum atomic E-state index is 12.4. The minimum Gasteiger partial charge on any atom is -0.457 e. The van der Waals surface area contributed by atoms with Crippen LogP contribution in [0.15, 0.2) is 78.9 Å². The molecule has 0 bridgehead atoms. The fourth-order valence-electron chi connectivity index (χ4n) is 2.57. The molecule has 3 aromatic carbocycles. The third kappa shape index (κ3) is 5.44. The molecule has 0 aromatic heterocycles. The second kappa shape index (κ2) is 8.67. The van der Waals surface area contributed by atoms with E-state index in [4.69, 9.17) is 4.74 Å². The van der Waals surface area contributed by atoms with E-state index in [9.17, 15) is 9.59 Å². The first kappa shape index (κ1) is 18.2. The molecule has 0 radical (unpaired) electrons. The Morgan fingerprint density at radius 2 is 1.59 bits per heavy atom. The van der Waals surface area contributed by atoms with Gasteiger partial charge in [0.1, 0.15) is 11.5 Å². The van der Waals surface area contributed by atoms with Gasteiger partial charge in [0.05, 0.1) is 0 Å². The molecule has 0 spiro atoms. The maximum absolute atomic E-state index is 12.4. The van der Waals surface area contributed by atoms with Crippen LogP contribution in [0.3, 0.4) is 0 Å². The van der Waals surface area contributed by atoms with Crippen molar-refractivity contribution < 1.29 is 14.3 Å². The van der Waals surface area contributed by atoms with E-state index in [1.807, 2.05) is 54.6 Å². The van der Waals surface area contributed by atoms with Crippen molar-refractivity contribution in [1.82, 2.24) is 5.32 Å².